The molecule has 2 heterocycles. The number of aryl methyl sites for hydroxylation is 1. The van der Waals surface area contributed by atoms with Crippen molar-refractivity contribution in [1.29, 1.82) is 0 Å². The summed E-state index contributed by atoms with van der Waals surface area (Å²) in [5, 5.41) is 22.8. The number of ether oxygens (including phenoxy) is 1. The van der Waals surface area contributed by atoms with Crippen LogP contribution in [0.4, 0.5) is 0 Å². The fourth-order valence-corrected chi connectivity index (χ4v) is 20.3. The Morgan fingerprint density at radius 2 is 1.47 bits per heavy atom. The summed E-state index contributed by atoms with van der Waals surface area (Å²) >= 11 is 0. The number of esters is 1. The average molecular weight is 910 g/mol. The van der Waals surface area contributed by atoms with E-state index in [1.807, 2.05) is 13.8 Å². The molecule has 0 bridgehead atoms. The van der Waals surface area contributed by atoms with E-state index in [2.05, 4.69) is 101 Å². The van der Waals surface area contributed by atoms with E-state index in [-0.39, 0.29) is 50.6 Å². The number of aromatic nitrogens is 3. The lowest BCUT2D eigenvalue weighted by Gasteiger charge is -2.80. The second kappa shape index (κ2) is 14.1. The summed E-state index contributed by atoms with van der Waals surface area (Å²) in [6.07, 6.45) is 17.7. The minimum absolute atomic E-state index is 0.144. The van der Waals surface area contributed by atoms with Gasteiger partial charge in [0, 0.05) is 47.0 Å². The first-order valence-corrected chi connectivity index (χ1v) is 27.2. The molecule has 0 aromatic carbocycles. The SMILES string of the molecule is Cc1nnc(C(C)C)n1C1CC2N(CC(C)(C)NC(=O)[C@]34CC[C@@H](C5(C)CC5)[C@@H]3[C@H]3CC[C@@H]5[C@@]6(C)CC[C@H](OC(=O)[C@H]7C[C@@H](C(=O)O)C7(C)C)C(C)(C)[C@@H]6CC[C@@]5(C)[C@]3(C)CC4)C3CCC321. The summed E-state index contributed by atoms with van der Waals surface area (Å²) in [5.41, 5.74) is -0.157. The second-order valence-corrected chi connectivity index (χ2v) is 28.5. The van der Waals surface area contributed by atoms with Gasteiger partial charge in [-0.3, -0.25) is 19.3 Å². The number of nitrogens with zero attached hydrogens (tertiary/aromatic N) is 4. The van der Waals surface area contributed by atoms with E-state index < -0.39 is 17.3 Å². The zero-order valence-electron chi connectivity index (χ0n) is 43.3. The highest BCUT2D eigenvalue weighted by atomic mass is 16.5. The van der Waals surface area contributed by atoms with Crippen LogP contribution in [0, 0.1) is 91.7 Å². The standard InChI is InChI=1S/C56H87N5O5/c1-31(2)44-59-58-32(3)61(44)41-29-40-56(41)23-18-39(56)60(40)30-48(4,5)57-47(65)55-22-16-33(51(10)24-25-51)43(55)34-14-15-38-52(11)20-19-42(66-46(64)36-28-35(45(62)63)49(36,6)7)50(8,9)37(52)17-21-54(38,13)53(34,12)26-27-55/h31,33-43H,14-30H2,1-13H3,(H,57,65)(H,62,63)/t33-,34-,35+,36-,37+,38-,39?,40?,41?,42+,43-,52+,53-,54-,55+,56?/m1/s1. The summed E-state index contributed by atoms with van der Waals surface area (Å²) in [7, 11) is 0. The first-order valence-electron chi connectivity index (χ1n) is 27.2. The van der Waals surface area contributed by atoms with Crippen LogP contribution in [0.3, 0.4) is 0 Å². The number of fused-ring (bicyclic) bond motifs is 7. The number of hydrogen-bond acceptors (Lipinski definition) is 7. The van der Waals surface area contributed by atoms with Gasteiger partial charge in [-0.15, -0.1) is 10.2 Å². The maximum atomic E-state index is 15.6. The number of carbonyl (C=O) groups excluding carboxylic acids is 2. The Balaban J connectivity index is 0.806. The Kier molecular flexibility index (Phi) is 9.81. The highest BCUT2D eigenvalue weighted by molar-refractivity contribution is 5.84. The lowest BCUT2D eigenvalue weighted by Crippen LogP contribution is -2.86. The maximum Gasteiger partial charge on any atom is 0.309 e. The third-order valence-electron chi connectivity index (χ3n) is 24.6. The van der Waals surface area contributed by atoms with Gasteiger partial charge in [-0.05, 0) is 180 Å². The van der Waals surface area contributed by atoms with Crippen LogP contribution in [-0.2, 0) is 19.1 Å². The molecule has 1 spiro atoms. The molecule has 66 heavy (non-hydrogen) atoms. The molecule has 9 saturated carbocycles. The van der Waals surface area contributed by atoms with Gasteiger partial charge in [-0.2, -0.15) is 0 Å². The van der Waals surface area contributed by atoms with Crippen molar-refractivity contribution >= 4 is 17.8 Å². The maximum absolute atomic E-state index is 15.6. The molecule has 0 radical (unpaired) electrons. The largest absolute Gasteiger partial charge is 0.481 e. The van der Waals surface area contributed by atoms with E-state index in [4.69, 9.17) is 4.74 Å². The number of hydrogen-bond donors (Lipinski definition) is 2. The molecular formula is C56H87N5O5. The number of piperidine rings is 2. The van der Waals surface area contributed by atoms with Gasteiger partial charge in [0.1, 0.15) is 17.8 Å². The van der Waals surface area contributed by atoms with Crippen LogP contribution in [0.2, 0.25) is 0 Å². The molecule has 10 aliphatic rings. The first-order chi connectivity index (χ1) is 30.7. The van der Waals surface area contributed by atoms with Gasteiger partial charge >= 0.3 is 11.9 Å². The minimum atomic E-state index is -0.808. The monoisotopic (exact) mass is 910 g/mol. The zero-order chi connectivity index (χ0) is 47.3. The van der Waals surface area contributed by atoms with Crippen LogP contribution >= 0.6 is 0 Å². The molecule has 4 unspecified atom stereocenters. The van der Waals surface area contributed by atoms with E-state index in [1.165, 1.54) is 51.4 Å². The highest BCUT2D eigenvalue weighted by Gasteiger charge is 2.77. The van der Waals surface area contributed by atoms with Crippen LogP contribution in [0.25, 0.3) is 0 Å². The van der Waals surface area contributed by atoms with E-state index >= 15 is 4.79 Å². The van der Waals surface area contributed by atoms with Crippen molar-refractivity contribution in [2.45, 2.75) is 228 Å². The summed E-state index contributed by atoms with van der Waals surface area (Å²) in [6.45, 7) is 31.4. The number of carboxylic acids is 1. The van der Waals surface area contributed by atoms with E-state index in [0.29, 0.717) is 76.8 Å². The normalized spacial score (nSPS) is 47.7. The Morgan fingerprint density at radius 1 is 0.742 bits per heavy atom. The summed E-state index contributed by atoms with van der Waals surface area (Å²) in [6, 6.07) is 1.67. The van der Waals surface area contributed by atoms with Gasteiger partial charge in [0.2, 0.25) is 5.91 Å². The smallest absolute Gasteiger partial charge is 0.309 e. The molecule has 9 aliphatic carbocycles. The van der Waals surface area contributed by atoms with Gasteiger partial charge in [0.25, 0.3) is 0 Å². The number of nitrogens with one attached hydrogen (secondary N) is 1. The van der Waals surface area contributed by atoms with E-state index in [0.717, 1.165) is 63.1 Å². The predicted molar refractivity (Wildman–Crippen MR) is 255 cm³/mol. The number of aliphatic carboxylic acids is 1. The first kappa shape index (κ1) is 45.9. The van der Waals surface area contributed by atoms with Gasteiger partial charge < -0.3 is 19.7 Å². The quantitative estimate of drug-likeness (QED) is 0.222. The van der Waals surface area contributed by atoms with Gasteiger partial charge in [-0.25, -0.2) is 0 Å². The number of carboxylic acid groups (broad SMARTS) is 1. The third kappa shape index (κ3) is 5.72. The van der Waals surface area contributed by atoms with Crippen LogP contribution in [0.15, 0.2) is 0 Å². The molecule has 1 amide bonds. The van der Waals surface area contributed by atoms with Crippen molar-refractivity contribution in [3.63, 3.8) is 0 Å². The molecule has 10 nitrogen and oxygen atoms in total. The van der Waals surface area contributed by atoms with Gasteiger partial charge in [-0.1, -0.05) is 69.2 Å². The molecule has 10 fully saturated rings. The van der Waals surface area contributed by atoms with Gasteiger partial charge in [0.05, 0.1) is 17.3 Å². The third-order valence-corrected chi connectivity index (χ3v) is 24.6. The Bertz CT molecular complexity index is 2200. The molecule has 11 rings (SSSR count). The van der Waals surface area contributed by atoms with Crippen LogP contribution in [0.1, 0.15) is 209 Å². The van der Waals surface area contributed by atoms with Gasteiger partial charge in [0.15, 0.2) is 0 Å². The van der Waals surface area contributed by atoms with Crippen molar-refractivity contribution in [2.24, 2.45) is 84.7 Å². The number of amides is 1. The van der Waals surface area contributed by atoms with Crippen molar-refractivity contribution in [3.8, 4) is 0 Å². The molecule has 1 aliphatic heterocycles. The van der Waals surface area contributed by atoms with E-state index in [9.17, 15) is 14.7 Å². The molecule has 1 saturated heterocycles. The summed E-state index contributed by atoms with van der Waals surface area (Å²) in [5.74, 6) is 3.73. The predicted octanol–water partition coefficient (Wildman–Crippen LogP) is 10.9. The lowest BCUT2D eigenvalue weighted by atomic mass is 9.32. The molecule has 2 N–H and O–H groups in total. The van der Waals surface area contributed by atoms with Crippen LogP contribution in [0.5, 0.6) is 0 Å². The number of rotatable bonds is 10. The molecule has 366 valence electrons. The fraction of sp³-hybridized carbons (Fsp3) is 0.911. The minimum Gasteiger partial charge on any atom is -0.481 e. The number of likely N-dealkylation sites (tertiary alicyclic amines) is 1. The molecule has 1 aromatic heterocycles. The van der Waals surface area contributed by atoms with Crippen LogP contribution in [-0.4, -0.2) is 72.9 Å². The average Bonchev–Trinajstić information content (AvgIpc) is 3.62. The second-order valence-electron chi connectivity index (χ2n) is 28.5. The number of carbonyl (C=O) groups is 3. The Hall–Kier alpha value is -2.49. The van der Waals surface area contributed by atoms with Crippen molar-refractivity contribution < 1.29 is 24.2 Å². The Morgan fingerprint density at radius 3 is 2.09 bits per heavy atom. The van der Waals surface area contributed by atoms with Crippen molar-refractivity contribution in [1.82, 2.24) is 25.0 Å². The summed E-state index contributed by atoms with van der Waals surface area (Å²) < 4.78 is 9.01. The topological polar surface area (TPSA) is 127 Å². The Labute approximate surface area is 397 Å². The van der Waals surface area contributed by atoms with E-state index in [1.54, 1.807) is 0 Å². The zero-order valence-corrected chi connectivity index (χ0v) is 43.3. The lowest BCUT2D eigenvalue weighted by molar-refractivity contribution is -0.298. The molecular weight excluding hydrogens is 823 g/mol. The van der Waals surface area contributed by atoms with Crippen molar-refractivity contribution in [2.75, 3.05) is 6.54 Å². The molecule has 1 aromatic rings. The highest BCUT2D eigenvalue weighted by Crippen LogP contribution is 2.79. The molecule has 10 heteroatoms. The summed E-state index contributed by atoms with van der Waals surface area (Å²) in [4.78, 5) is 44.0. The van der Waals surface area contributed by atoms with Crippen molar-refractivity contribution in [3.05, 3.63) is 11.6 Å². The molecule has 16 atom stereocenters. The van der Waals surface area contributed by atoms with Crippen LogP contribution < -0.4 is 5.32 Å². The fourth-order valence-electron chi connectivity index (χ4n) is 20.3.